The van der Waals surface area contributed by atoms with E-state index in [0.29, 0.717) is 0 Å². The molecule has 0 bridgehead atoms. The van der Waals surface area contributed by atoms with Gasteiger partial charge in [0.25, 0.3) is 0 Å². The van der Waals surface area contributed by atoms with Crippen molar-refractivity contribution in [1.82, 2.24) is 0 Å². The quantitative estimate of drug-likeness (QED) is 0.430. The fraction of sp³-hybridized carbons (Fsp3) is 0.714. The fourth-order valence-electron chi connectivity index (χ4n) is 8.52. The molecular formula is C28H40. The lowest BCUT2D eigenvalue weighted by Gasteiger charge is -2.57. The predicted octanol–water partition coefficient (Wildman–Crippen LogP) is 7.89. The van der Waals surface area contributed by atoms with Crippen LogP contribution in [0.4, 0.5) is 0 Å². The lowest BCUT2D eigenvalue weighted by atomic mass is 9.47. The Kier molecular flexibility index (Phi) is 4.96. The summed E-state index contributed by atoms with van der Waals surface area (Å²) in [5.41, 5.74) is 7.84. The Bertz CT molecular complexity index is 686. The molecule has 0 aromatic heterocycles. The van der Waals surface area contributed by atoms with Gasteiger partial charge < -0.3 is 0 Å². The Balaban J connectivity index is 1.69. The van der Waals surface area contributed by atoms with Crippen LogP contribution >= 0.6 is 0 Å². The third-order valence-electron chi connectivity index (χ3n) is 9.34. The van der Waals surface area contributed by atoms with E-state index in [9.17, 15) is 0 Å². The van der Waals surface area contributed by atoms with Crippen LogP contribution in [0, 0.1) is 47.3 Å². The summed E-state index contributed by atoms with van der Waals surface area (Å²) in [4.78, 5) is 0. The molecule has 8 atom stereocenters. The first-order chi connectivity index (χ1) is 13.7. The molecule has 28 heavy (non-hydrogen) atoms. The number of rotatable bonds is 2. The van der Waals surface area contributed by atoms with Crippen LogP contribution < -0.4 is 0 Å². The maximum absolute atomic E-state index is 2.54. The molecule has 0 spiro atoms. The molecule has 0 nitrogen and oxygen atoms in total. The van der Waals surface area contributed by atoms with Crippen molar-refractivity contribution in [2.45, 2.75) is 79.1 Å². The van der Waals surface area contributed by atoms with Crippen LogP contribution in [0.25, 0.3) is 0 Å². The molecule has 5 rings (SSSR count). The number of fused-ring (bicyclic) bond motifs is 2. The standard InChI is InChI=1S/C28H40/c1-5-7-19-11-15-23-21-13-9-17(3)25-18(4)10-14-22(27(21)25)24-16-12-20(8-6-2)26(19)28(23)24/h5-8,17-24H,9-16H2,1-4H3/b7-5+,8-6+. The van der Waals surface area contributed by atoms with E-state index in [1.54, 1.807) is 0 Å². The zero-order chi connectivity index (χ0) is 19.4. The SMILES string of the molecule is C/C=C/C1CCC2C3=C1C(/C=C/C)CCC3C1CCC(C)C3=C1C2CCC3C. The molecule has 0 saturated heterocycles. The average molecular weight is 377 g/mol. The number of hydrogen-bond donors (Lipinski definition) is 0. The van der Waals surface area contributed by atoms with Gasteiger partial charge in [-0.2, -0.15) is 0 Å². The van der Waals surface area contributed by atoms with Crippen LogP contribution in [-0.2, 0) is 0 Å². The molecule has 0 aromatic carbocycles. The minimum Gasteiger partial charge on any atom is -0.0911 e. The van der Waals surface area contributed by atoms with Gasteiger partial charge in [-0.05, 0) is 113 Å². The third-order valence-corrected chi connectivity index (χ3v) is 9.34. The van der Waals surface area contributed by atoms with Crippen molar-refractivity contribution in [2.24, 2.45) is 47.3 Å². The molecule has 0 N–H and O–H groups in total. The van der Waals surface area contributed by atoms with Crippen LogP contribution in [0.15, 0.2) is 46.6 Å². The van der Waals surface area contributed by atoms with Gasteiger partial charge in [0.2, 0.25) is 0 Å². The van der Waals surface area contributed by atoms with Crippen LogP contribution in [-0.4, -0.2) is 0 Å². The van der Waals surface area contributed by atoms with Crippen molar-refractivity contribution in [3.63, 3.8) is 0 Å². The van der Waals surface area contributed by atoms with E-state index in [4.69, 9.17) is 0 Å². The Labute approximate surface area is 173 Å². The predicted molar refractivity (Wildman–Crippen MR) is 120 cm³/mol. The van der Waals surface area contributed by atoms with Gasteiger partial charge in [0.15, 0.2) is 0 Å². The first kappa shape index (κ1) is 19.0. The lowest BCUT2D eigenvalue weighted by Crippen LogP contribution is -2.47. The summed E-state index contributed by atoms with van der Waals surface area (Å²) in [6, 6.07) is 0. The summed E-state index contributed by atoms with van der Waals surface area (Å²) >= 11 is 0. The molecular weight excluding hydrogens is 336 g/mol. The zero-order valence-corrected chi connectivity index (χ0v) is 18.6. The summed E-state index contributed by atoms with van der Waals surface area (Å²) in [6.45, 7) is 9.53. The highest BCUT2D eigenvalue weighted by molar-refractivity contribution is 5.44. The van der Waals surface area contributed by atoms with Gasteiger partial charge in [-0.25, -0.2) is 0 Å². The molecule has 0 radical (unpaired) electrons. The average Bonchev–Trinajstić information content (AvgIpc) is 2.70. The van der Waals surface area contributed by atoms with Crippen LogP contribution in [0.1, 0.15) is 79.1 Å². The van der Waals surface area contributed by atoms with Gasteiger partial charge in [-0.1, -0.05) is 60.4 Å². The van der Waals surface area contributed by atoms with Crippen molar-refractivity contribution < 1.29 is 0 Å². The smallest absolute Gasteiger partial charge is 0.00144 e. The highest BCUT2D eigenvalue weighted by Crippen LogP contribution is 2.63. The van der Waals surface area contributed by atoms with Crippen molar-refractivity contribution in [2.75, 3.05) is 0 Å². The molecule has 5 aliphatic rings. The van der Waals surface area contributed by atoms with E-state index in [0.717, 1.165) is 47.3 Å². The summed E-state index contributed by atoms with van der Waals surface area (Å²) in [6.07, 6.45) is 21.3. The van der Waals surface area contributed by atoms with Crippen LogP contribution in [0.5, 0.6) is 0 Å². The molecule has 8 unspecified atom stereocenters. The molecule has 152 valence electrons. The van der Waals surface area contributed by atoms with Gasteiger partial charge in [-0.3, -0.25) is 0 Å². The molecule has 0 heteroatoms. The molecule has 0 amide bonds. The number of allylic oxidation sites excluding steroid dienone is 8. The Morgan fingerprint density at radius 2 is 0.893 bits per heavy atom. The van der Waals surface area contributed by atoms with Gasteiger partial charge in [0.1, 0.15) is 0 Å². The van der Waals surface area contributed by atoms with Gasteiger partial charge in [-0.15, -0.1) is 0 Å². The Morgan fingerprint density at radius 1 is 0.500 bits per heavy atom. The van der Waals surface area contributed by atoms with E-state index in [2.05, 4.69) is 52.0 Å². The van der Waals surface area contributed by atoms with Crippen molar-refractivity contribution in [3.05, 3.63) is 46.6 Å². The van der Waals surface area contributed by atoms with Crippen molar-refractivity contribution in [1.29, 1.82) is 0 Å². The molecule has 1 fully saturated rings. The maximum atomic E-state index is 2.54. The summed E-state index contributed by atoms with van der Waals surface area (Å²) in [5.74, 6) is 6.71. The van der Waals surface area contributed by atoms with Crippen molar-refractivity contribution in [3.8, 4) is 0 Å². The van der Waals surface area contributed by atoms with Gasteiger partial charge >= 0.3 is 0 Å². The second kappa shape index (κ2) is 7.33. The summed E-state index contributed by atoms with van der Waals surface area (Å²) in [5, 5.41) is 0. The molecule has 1 saturated carbocycles. The minimum atomic E-state index is 0.718. The Hall–Kier alpha value is -1.04. The second-order valence-electron chi connectivity index (χ2n) is 10.6. The highest BCUT2D eigenvalue weighted by Gasteiger charge is 2.52. The van der Waals surface area contributed by atoms with E-state index in [-0.39, 0.29) is 0 Å². The zero-order valence-electron chi connectivity index (χ0n) is 18.6. The molecule has 0 aromatic rings. The van der Waals surface area contributed by atoms with E-state index < -0.39 is 0 Å². The minimum absolute atomic E-state index is 0.718. The van der Waals surface area contributed by atoms with Gasteiger partial charge in [0.05, 0.1) is 0 Å². The molecule has 5 aliphatic carbocycles. The largest absolute Gasteiger partial charge is 0.0911 e. The first-order valence-electron chi connectivity index (χ1n) is 12.4. The third kappa shape index (κ3) is 2.69. The highest BCUT2D eigenvalue weighted by atomic mass is 14.6. The van der Waals surface area contributed by atoms with E-state index >= 15 is 0 Å². The molecule has 0 aliphatic heterocycles. The monoisotopic (exact) mass is 376 g/mol. The molecule has 0 heterocycles. The first-order valence-corrected chi connectivity index (χ1v) is 12.4. The fourth-order valence-corrected chi connectivity index (χ4v) is 8.52. The van der Waals surface area contributed by atoms with E-state index in [1.165, 1.54) is 51.4 Å². The summed E-state index contributed by atoms with van der Waals surface area (Å²) < 4.78 is 0. The normalized spacial score (nSPS) is 45.6. The second-order valence-corrected chi connectivity index (χ2v) is 10.6. The maximum Gasteiger partial charge on any atom is -0.00144 e. The number of hydrogen-bond acceptors (Lipinski definition) is 0. The van der Waals surface area contributed by atoms with Gasteiger partial charge in [0, 0.05) is 0 Å². The topological polar surface area (TPSA) is 0 Å². The summed E-state index contributed by atoms with van der Waals surface area (Å²) in [7, 11) is 0. The Morgan fingerprint density at radius 3 is 1.32 bits per heavy atom. The van der Waals surface area contributed by atoms with E-state index in [1.807, 2.05) is 22.3 Å². The van der Waals surface area contributed by atoms with Crippen LogP contribution in [0.3, 0.4) is 0 Å². The van der Waals surface area contributed by atoms with Crippen LogP contribution in [0.2, 0.25) is 0 Å². The lowest BCUT2D eigenvalue weighted by molar-refractivity contribution is 0.143. The van der Waals surface area contributed by atoms with Crippen molar-refractivity contribution >= 4 is 0 Å².